The molecule has 25 heavy (non-hydrogen) atoms. The molecule has 0 aromatic heterocycles. The van der Waals surface area contributed by atoms with Gasteiger partial charge >= 0.3 is 0 Å². The van der Waals surface area contributed by atoms with Crippen LogP contribution in [0.15, 0.2) is 52.3 Å². The van der Waals surface area contributed by atoms with Crippen LogP contribution in [0.1, 0.15) is 27.7 Å². The number of halogens is 2. The number of nitrogens with zero attached hydrogens (tertiary/aromatic N) is 1. The second-order valence-electron chi connectivity index (χ2n) is 6.97. The fourth-order valence-corrected chi connectivity index (χ4v) is 4.07. The topological polar surface area (TPSA) is 32.3 Å². The summed E-state index contributed by atoms with van der Waals surface area (Å²) < 4.78 is 0. The maximum Gasteiger partial charge on any atom is 0.248 e. The molecule has 0 bridgehead atoms. The minimum absolute atomic E-state index is 0. The molecule has 1 N–H and O–H groups in total. The van der Waals surface area contributed by atoms with Crippen molar-refractivity contribution in [3.05, 3.63) is 47.5 Å². The van der Waals surface area contributed by atoms with E-state index < -0.39 is 0 Å². The number of nitrogens with one attached hydrogen (secondary N) is 1. The number of benzene rings is 2. The Balaban J connectivity index is 0.00000225. The lowest BCUT2D eigenvalue weighted by molar-refractivity contribution is -0.120. The van der Waals surface area contributed by atoms with Gasteiger partial charge in [-0.15, -0.1) is 12.4 Å². The Hall–Kier alpha value is -1.20. The van der Waals surface area contributed by atoms with Gasteiger partial charge in [-0.1, -0.05) is 35.5 Å². The lowest BCUT2D eigenvalue weighted by Gasteiger charge is -2.35. The van der Waals surface area contributed by atoms with Crippen LogP contribution in [0, 0.1) is 0 Å². The van der Waals surface area contributed by atoms with E-state index in [1.165, 1.54) is 0 Å². The molecule has 1 heterocycles. The molecule has 1 unspecified atom stereocenters. The lowest BCUT2D eigenvalue weighted by Crippen LogP contribution is -2.50. The molecular weight excluding hydrogens is 375 g/mol. The van der Waals surface area contributed by atoms with Crippen LogP contribution >= 0.6 is 35.8 Å². The van der Waals surface area contributed by atoms with Crippen LogP contribution in [0.5, 0.6) is 0 Å². The molecular formula is C19H22Cl2N2OS. The van der Waals surface area contributed by atoms with E-state index in [1.54, 1.807) is 16.7 Å². The van der Waals surface area contributed by atoms with Crippen LogP contribution in [-0.4, -0.2) is 17.5 Å². The SMILES string of the molecule is CC(NC(C)(C)C)C(=O)N1c2ccccc2Sc2ccc(Cl)cc21.Cl. The highest BCUT2D eigenvalue weighted by molar-refractivity contribution is 7.99. The van der Waals surface area contributed by atoms with Crippen LogP contribution in [0.25, 0.3) is 0 Å². The summed E-state index contributed by atoms with van der Waals surface area (Å²) in [5, 5.41) is 3.99. The number of hydrogen-bond acceptors (Lipinski definition) is 3. The summed E-state index contributed by atoms with van der Waals surface area (Å²) >= 11 is 7.86. The van der Waals surface area contributed by atoms with Crippen molar-refractivity contribution in [2.75, 3.05) is 4.90 Å². The van der Waals surface area contributed by atoms with Gasteiger partial charge in [0, 0.05) is 20.4 Å². The molecule has 0 saturated carbocycles. The van der Waals surface area contributed by atoms with Crippen LogP contribution in [0.4, 0.5) is 11.4 Å². The third-order valence-corrected chi connectivity index (χ3v) is 5.09. The molecule has 0 radical (unpaired) electrons. The maximum atomic E-state index is 13.2. The Morgan fingerprint density at radius 2 is 1.76 bits per heavy atom. The number of para-hydroxylation sites is 1. The van der Waals surface area contributed by atoms with E-state index in [0.29, 0.717) is 5.02 Å². The van der Waals surface area contributed by atoms with E-state index in [2.05, 4.69) is 26.1 Å². The Morgan fingerprint density at radius 1 is 1.12 bits per heavy atom. The zero-order valence-electron chi connectivity index (χ0n) is 14.7. The smallest absolute Gasteiger partial charge is 0.248 e. The molecule has 1 aliphatic rings. The number of rotatable bonds is 2. The average molecular weight is 397 g/mol. The second kappa shape index (κ2) is 7.58. The summed E-state index contributed by atoms with van der Waals surface area (Å²) in [5.74, 6) is 0.0150. The number of carbonyl (C=O) groups is 1. The van der Waals surface area contributed by atoms with E-state index in [0.717, 1.165) is 21.2 Å². The highest BCUT2D eigenvalue weighted by Gasteiger charge is 2.32. The first-order valence-electron chi connectivity index (χ1n) is 7.94. The highest BCUT2D eigenvalue weighted by atomic mass is 35.5. The largest absolute Gasteiger partial charge is 0.301 e. The number of hydrogen-bond donors (Lipinski definition) is 1. The molecule has 0 spiro atoms. The van der Waals surface area contributed by atoms with E-state index in [9.17, 15) is 4.79 Å². The summed E-state index contributed by atoms with van der Waals surface area (Å²) in [6, 6.07) is 13.4. The van der Waals surface area contributed by atoms with E-state index in [4.69, 9.17) is 11.6 Å². The van der Waals surface area contributed by atoms with Gasteiger partial charge in [0.1, 0.15) is 0 Å². The molecule has 0 aliphatic carbocycles. The summed E-state index contributed by atoms with van der Waals surface area (Å²) in [7, 11) is 0. The van der Waals surface area contributed by atoms with Crippen molar-refractivity contribution in [2.45, 2.75) is 49.1 Å². The number of anilines is 2. The number of amides is 1. The van der Waals surface area contributed by atoms with Gasteiger partial charge in [0.2, 0.25) is 5.91 Å². The predicted octanol–water partition coefficient (Wildman–Crippen LogP) is 5.67. The van der Waals surface area contributed by atoms with Crippen LogP contribution in [-0.2, 0) is 4.79 Å². The van der Waals surface area contributed by atoms with Crippen LogP contribution in [0.2, 0.25) is 5.02 Å². The van der Waals surface area contributed by atoms with Crippen molar-refractivity contribution in [2.24, 2.45) is 0 Å². The van der Waals surface area contributed by atoms with E-state index >= 15 is 0 Å². The molecule has 0 fully saturated rings. The zero-order valence-corrected chi connectivity index (χ0v) is 17.1. The highest BCUT2D eigenvalue weighted by Crippen LogP contribution is 2.48. The van der Waals surface area contributed by atoms with E-state index in [-0.39, 0.29) is 29.9 Å². The van der Waals surface area contributed by atoms with Gasteiger partial charge in [-0.3, -0.25) is 9.69 Å². The standard InChI is InChI=1S/C19H21ClN2OS.ClH/c1-12(21-19(2,3)4)18(23)22-14-7-5-6-8-16(14)24-17-10-9-13(20)11-15(17)22;/h5-12,21H,1-4H3;1H. The third kappa shape index (κ3) is 4.32. The Labute approximate surface area is 164 Å². The van der Waals surface area contributed by atoms with Gasteiger partial charge in [0.25, 0.3) is 0 Å². The molecule has 3 rings (SSSR count). The molecule has 6 heteroatoms. The van der Waals surface area contributed by atoms with Gasteiger partial charge in [-0.2, -0.15) is 0 Å². The predicted molar refractivity (Wildman–Crippen MR) is 109 cm³/mol. The van der Waals surface area contributed by atoms with Gasteiger partial charge in [-0.25, -0.2) is 0 Å². The van der Waals surface area contributed by atoms with Gasteiger partial charge < -0.3 is 5.32 Å². The molecule has 1 amide bonds. The summed E-state index contributed by atoms with van der Waals surface area (Å²) in [6.45, 7) is 8.08. The Bertz CT molecular complexity index is 789. The normalized spacial score (nSPS) is 14.2. The van der Waals surface area contributed by atoms with Crippen molar-refractivity contribution in [1.82, 2.24) is 5.32 Å². The Kier molecular flexibility index (Phi) is 6.10. The first-order chi connectivity index (χ1) is 11.3. The fourth-order valence-electron chi connectivity index (χ4n) is 2.87. The minimum atomic E-state index is -0.312. The molecule has 3 nitrogen and oxygen atoms in total. The second-order valence-corrected chi connectivity index (χ2v) is 8.49. The monoisotopic (exact) mass is 396 g/mol. The Morgan fingerprint density at radius 3 is 2.44 bits per heavy atom. The summed E-state index contributed by atoms with van der Waals surface area (Å²) in [6.07, 6.45) is 0. The first kappa shape index (κ1) is 20.1. The van der Waals surface area contributed by atoms with Crippen molar-refractivity contribution in [3.63, 3.8) is 0 Å². The molecule has 2 aromatic rings. The molecule has 134 valence electrons. The van der Waals surface area contributed by atoms with Crippen molar-refractivity contribution in [3.8, 4) is 0 Å². The summed E-state index contributed by atoms with van der Waals surface area (Å²) in [4.78, 5) is 17.1. The average Bonchev–Trinajstić information content (AvgIpc) is 2.50. The maximum absolute atomic E-state index is 13.2. The molecule has 1 aliphatic heterocycles. The van der Waals surface area contributed by atoms with Crippen molar-refractivity contribution in [1.29, 1.82) is 0 Å². The van der Waals surface area contributed by atoms with Gasteiger partial charge in [0.15, 0.2) is 0 Å². The zero-order chi connectivity index (χ0) is 17.5. The lowest BCUT2D eigenvalue weighted by atomic mass is 10.1. The van der Waals surface area contributed by atoms with Crippen molar-refractivity contribution < 1.29 is 4.79 Å². The summed E-state index contributed by atoms with van der Waals surface area (Å²) in [5.41, 5.74) is 1.61. The van der Waals surface area contributed by atoms with Gasteiger partial charge in [-0.05, 0) is 58.0 Å². The minimum Gasteiger partial charge on any atom is -0.301 e. The van der Waals surface area contributed by atoms with Crippen LogP contribution in [0.3, 0.4) is 0 Å². The molecule has 2 aromatic carbocycles. The van der Waals surface area contributed by atoms with Crippen molar-refractivity contribution >= 4 is 53.1 Å². The number of carbonyl (C=O) groups excluding carboxylic acids is 1. The number of fused-ring (bicyclic) bond motifs is 2. The molecule has 1 atom stereocenters. The van der Waals surface area contributed by atoms with Crippen LogP contribution < -0.4 is 10.2 Å². The molecule has 0 saturated heterocycles. The quantitative estimate of drug-likeness (QED) is 0.709. The van der Waals surface area contributed by atoms with E-state index in [1.807, 2.05) is 49.4 Å². The first-order valence-corrected chi connectivity index (χ1v) is 9.14. The third-order valence-electron chi connectivity index (χ3n) is 3.73. The van der Waals surface area contributed by atoms with Gasteiger partial charge in [0.05, 0.1) is 17.4 Å². The fraction of sp³-hybridized carbons (Fsp3) is 0.316.